The van der Waals surface area contributed by atoms with Gasteiger partial charge in [-0.15, -0.1) is 11.8 Å². The zero-order valence-corrected chi connectivity index (χ0v) is 23.8. The molecule has 2 unspecified atom stereocenters. The van der Waals surface area contributed by atoms with Crippen LogP contribution < -0.4 is 5.32 Å². The van der Waals surface area contributed by atoms with E-state index in [1.807, 2.05) is 0 Å². The first-order valence-electron chi connectivity index (χ1n) is 11.3. The van der Waals surface area contributed by atoms with E-state index in [1.54, 1.807) is 51.1 Å². The Morgan fingerprint density at radius 1 is 1.18 bits per heavy atom. The highest BCUT2D eigenvalue weighted by Crippen LogP contribution is 2.33. The summed E-state index contributed by atoms with van der Waals surface area (Å²) in [6, 6.07) is 7.62. The maximum Gasteiger partial charge on any atom is 0.508 e. The third-order valence-electron chi connectivity index (χ3n) is 4.73. The van der Waals surface area contributed by atoms with Crippen molar-refractivity contribution in [3.63, 3.8) is 0 Å². The normalized spacial score (nSPS) is 19.2. The number of esters is 1. The number of aliphatic hydroxyl groups excluding tert-OH is 1. The molecule has 0 saturated carbocycles. The number of nitrogens with zero attached hydrogens (tertiary/aromatic N) is 1. The fraction of sp³-hybridized carbons (Fsp3) is 0.565. The van der Waals surface area contributed by atoms with Crippen molar-refractivity contribution in [3.05, 3.63) is 35.9 Å². The predicted molar refractivity (Wildman–Crippen MR) is 140 cm³/mol. The Balaban J connectivity index is 2.10. The van der Waals surface area contributed by atoms with Gasteiger partial charge in [-0.3, -0.25) is 14.5 Å². The molecule has 0 radical (unpaired) electrons. The van der Waals surface area contributed by atoms with Gasteiger partial charge in [-0.1, -0.05) is 65.1 Å². The van der Waals surface area contributed by atoms with Crippen molar-refractivity contribution >= 4 is 70.5 Å². The number of likely N-dealkylation sites (tertiary alicyclic amines) is 1. The van der Waals surface area contributed by atoms with Gasteiger partial charge < -0.3 is 24.6 Å². The van der Waals surface area contributed by atoms with E-state index >= 15 is 0 Å². The van der Waals surface area contributed by atoms with Crippen molar-refractivity contribution in [2.24, 2.45) is 0 Å². The minimum atomic E-state index is -1.99. The van der Waals surface area contributed by atoms with Gasteiger partial charge in [-0.2, -0.15) is 0 Å². The van der Waals surface area contributed by atoms with Crippen LogP contribution in [0.1, 0.15) is 26.3 Å². The molecule has 2 amide bonds. The van der Waals surface area contributed by atoms with Crippen molar-refractivity contribution in [1.29, 1.82) is 0 Å². The number of ether oxygens (including phenoxy) is 3. The number of alkyl halides is 4. The highest BCUT2D eigenvalue weighted by atomic mass is 35.6. The van der Waals surface area contributed by atoms with Crippen molar-refractivity contribution in [1.82, 2.24) is 10.2 Å². The van der Waals surface area contributed by atoms with Gasteiger partial charge in [0.1, 0.15) is 36.4 Å². The first-order valence-corrected chi connectivity index (χ1v) is 13.4. The second kappa shape index (κ2) is 13.9. The molecular weight excluding hydrogens is 590 g/mol. The van der Waals surface area contributed by atoms with E-state index in [4.69, 9.17) is 44.3 Å². The summed E-state index contributed by atoms with van der Waals surface area (Å²) < 4.78 is 26.3. The van der Waals surface area contributed by atoms with Gasteiger partial charge in [0.2, 0.25) is 15.9 Å². The fourth-order valence-corrected chi connectivity index (χ4v) is 4.65. The maximum absolute atomic E-state index is 13.6. The van der Waals surface area contributed by atoms with E-state index in [1.165, 1.54) is 0 Å². The topological polar surface area (TPSA) is 131 Å². The molecule has 15 heteroatoms. The molecule has 1 aromatic carbocycles. The molecule has 1 aromatic rings. The zero-order valence-electron chi connectivity index (χ0n) is 20.7. The summed E-state index contributed by atoms with van der Waals surface area (Å²) in [6.07, 6.45) is -4.65. The molecular formula is C23H28Cl3FN2O8S. The van der Waals surface area contributed by atoms with Crippen LogP contribution in [0, 0.1) is 0 Å². The zero-order chi connectivity index (χ0) is 28.7. The standard InChI is InChI=1S/C23H28Cl3FN2O8S/c1-22(2,3)37-20(33)18(32)29-17(31)16(28-15(30)9-13-7-5-4-6-8-13)19(29)38-11-14(10-27)36-21(34)35-12-23(24,25)26/h4-8,14,16,18-19,32H,9-12H2,1-3H3,(H,28,30)/t14?,16-,18?,19-/m1/s1. The highest BCUT2D eigenvalue weighted by Gasteiger charge is 2.53. The molecule has 0 aromatic heterocycles. The van der Waals surface area contributed by atoms with Crippen molar-refractivity contribution in [3.8, 4) is 0 Å². The molecule has 1 fully saturated rings. The predicted octanol–water partition coefficient (Wildman–Crippen LogP) is 3.14. The summed E-state index contributed by atoms with van der Waals surface area (Å²) in [7, 11) is 0. The molecule has 1 aliphatic rings. The van der Waals surface area contributed by atoms with Gasteiger partial charge in [0.25, 0.3) is 5.91 Å². The molecule has 2 rings (SSSR count). The van der Waals surface area contributed by atoms with Crippen molar-refractivity contribution in [2.45, 2.75) is 60.3 Å². The Morgan fingerprint density at radius 3 is 2.37 bits per heavy atom. The van der Waals surface area contributed by atoms with E-state index in [2.05, 4.69) is 10.1 Å². The second-order valence-corrected chi connectivity index (χ2v) is 12.8. The molecule has 1 heterocycles. The van der Waals surface area contributed by atoms with E-state index in [0.29, 0.717) is 5.56 Å². The number of aliphatic hydroxyl groups is 1. The molecule has 1 aliphatic heterocycles. The van der Waals surface area contributed by atoms with Gasteiger partial charge >= 0.3 is 12.1 Å². The SMILES string of the molecule is CC(C)(C)OC(=O)C(O)N1C(=O)[C@@H](NC(=O)Cc2ccccc2)[C@H]1SCC(CF)OC(=O)OCC(Cl)(Cl)Cl. The summed E-state index contributed by atoms with van der Waals surface area (Å²) in [5, 5.41) is 12.1. The smallest absolute Gasteiger partial charge is 0.457 e. The molecule has 0 aliphatic carbocycles. The number of hydrogen-bond acceptors (Lipinski definition) is 9. The summed E-state index contributed by atoms with van der Waals surface area (Å²) in [5.41, 5.74) is -0.246. The van der Waals surface area contributed by atoms with Crippen LogP contribution in [0.5, 0.6) is 0 Å². The number of benzene rings is 1. The first-order chi connectivity index (χ1) is 17.6. The molecule has 38 heavy (non-hydrogen) atoms. The molecule has 212 valence electrons. The number of carbonyl (C=O) groups is 4. The lowest BCUT2D eigenvalue weighted by Crippen LogP contribution is -2.73. The van der Waals surface area contributed by atoms with Gasteiger partial charge in [-0.05, 0) is 26.3 Å². The van der Waals surface area contributed by atoms with Crippen LogP contribution in [0.2, 0.25) is 0 Å². The molecule has 1 saturated heterocycles. The van der Waals surface area contributed by atoms with Gasteiger partial charge in [0.15, 0.2) is 0 Å². The summed E-state index contributed by atoms with van der Waals surface area (Å²) >= 11 is 17.4. The first kappa shape index (κ1) is 32.2. The Kier molecular flexibility index (Phi) is 11.8. The number of rotatable bonds is 11. The Hall–Kier alpha value is -1.99. The van der Waals surface area contributed by atoms with Crippen LogP contribution in [0.4, 0.5) is 9.18 Å². The fourth-order valence-electron chi connectivity index (χ4n) is 3.16. The number of halogens is 4. The minimum absolute atomic E-state index is 0.0259. The van der Waals surface area contributed by atoms with Crippen LogP contribution in [-0.2, 0) is 35.0 Å². The number of amides is 2. The molecule has 4 atom stereocenters. The summed E-state index contributed by atoms with van der Waals surface area (Å²) in [5.74, 6) is -2.55. The van der Waals surface area contributed by atoms with Crippen molar-refractivity contribution < 1.29 is 42.9 Å². The molecule has 10 nitrogen and oxygen atoms in total. The largest absolute Gasteiger partial charge is 0.508 e. The Bertz CT molecular complexity index is 993. The third kappa shape index (κ3) is 10.3. The molecule has 0 bridgehead atoms. The van der Waals surface area contributed by atoms with Crippen LogP contribution in [-0.4, -0.2) is 86.1 Å². The van der Waals surface area contributed by atoms with Gasteiger partial charge in [0, 0.05) is 5.75 Å². The second-order valence-electron chi connectivity index (χ2n) is 9.13. The van der Waals surface area contributed by atoms with Gasteiger partial charge in [-0.25, -0.2) is 14.0 Å². The van der Waals surface area contributed by atoms with Crippen LogP contribution in [0.25, 0.3) is 0 Å². The number of nitrogens with one attached hydrogen (secondary N) is 1. The van der Waals surface area contributed by atoms with Crippen LogP contribution in [0.3, 0.4) is 0 Å². The lowest BCUT2D eigenvalue weighted by atomic mass is 10.1. The Morgan fingerprint density at radius 2 is 1.82 bits per heavy atom. The average molecular weight is 618 g/mol. The number of carbonyl (C=O) groups excluding carboxylic acids is 4. The number of hydrogen-bond donors (Lipinski definition) is 2. The van der Waals surface area contributed by atoms with Gasteiger partial charge in [0.05, 0.1) is 6.42 Å². The van der Waals surface area contributed by atoms with Crippen molar-refractivity contribution in [2.75, 3.05) is 19.0 Å². The lowest BCUT2D eigenvalue weighted by molar-refractivity contribution is -0.189. The third-order valence-corrected chi connectivity index (χ3v) is 6.46. The monoisotopic (exact) mass is 616 g/mol. The lowest BCUT2D eigenvalue weighted by Gasteiger charge is -2.48. The quantitative estimate of drug-likeness (QED) is 0.218. The van der Waals surface area contributed by atoms with E-state index < -0.39 is 70.4 Å². The van der Waals surface area contributed by atoms with Crippen LogP contribution in [0.15, 0.2) is 30.3 Å². The summed E-state index contributed by atoms with van der Waals surface area (Å²) in [6.45, 7) is 2.99. The Labute approximate surface area is 238 Å². The number of β-lactam (4-membered cyclic amide) rings is 1. The van der Waals surface area contributed by atoms with E-state index in [-0.39, 0.29) is 12.2 Å². The van der Waals surface area contributed by atoms with Crippen LogP contribution >= 0.6 is 46.6 Å². The van der Waals surface area contributed by atoms with E-state index in [0.717, 1.165) is 16.7 Å². The molecule has 2 N–H and O–H groups in total. The molecule has 0 spiro atoms. The highest BCUT2D eigenvalue weighted by molar-refractivity contribution is 8.00. The maximum atomic E-state index is 13.6. The summed E-state index contributed by atoms with van der Waals surface area (Å²) in [4.78, 5) is 50.4. The van der Waals surface area contributed by atoms with E-state index in [9.17, 15) is 28.7 Å². The number of thioether (sulfide) groups is 1. The minimum Gasteiger partial charge on any atom is -0.457 e. The average Bonchev–Trinajstić information content (AvgIpc) is 2.81.